The van der Waals surface area contributed by atoms with Crippen LogP contribution in [0, 0.1) is 5.92 Å². The molecular weight excluding hydrogens is 186 g/mol. The van der Waals surface area contributed by atoms with E-state index in [4.69, 9.17) is 5.73 Å². The first-order chi connectivity index (χ1) is 7.16. The molecule has 0 bridgehead atoms. The van der Waals surface area contributed by atoms with E-state index in [0.29, 0.717) is 5.92 Å². The average Bonchev–Trinajstić information content (AvgIpc) is 2.20. The molecule has 1 saturated heterocycles. The monoisotopic (exact) mass is 209 g/mol. The lowest BCUT2D eigenvalue weighted by Gasteiger charge is -2.41. The van der Waals surface area contributed by atoms with E-state index in [0.717, 1.165) is 18.2 Å². The number of likely N-dealkylation sites (N-methyl/N-ethyl adjacent to an activating group) is 1. The van der Waals surface area contributed by atoms with Crippen molar-refractivity contribution in [1.82, 2.24) is 9.80 Å². The molecule has 0 radical (unpaired) electrons. The maximum atomic E-state index is 5.87. The van der Waals surface area contributed by atoms with E-state index in [-0.39, 0.29) is 0 Å². The molecule has 0 aromatic heterocycles. The van der Waals surface area contributed by atoms with Crippen LogP contribution >= 0.6 is 0 Å². The highest BCUT2D eigenvalue weighted by atomic mass is 15.3. The minimum atomic E-state index is 0.627. The summed E-state index contributed by atoms with van der Waals surface area (Å²) in [7, 11) is 2.21. The van der Waals surface area contributed by atoms with Crippen molar-refractivity contribution in [3.05, 3.63) is 11.8 Å². The predicted octanol–water partition coefficient (Wildman–Crippen LogP) is 0.875. The molecule has 0 spiro atoms. The van der Waals surface area contributed by atoms with Crippen molar-refractivity contribution in [3.63, 3.8) is 0 Å². The predicted molar refractivity (Wildman–Crippen MR) is 63.5 cm³/mol. The fourth-order valence-electron chi connectivity index (χ4n) is 2.78. The lowest BCUT2D eigenvalue weighted by Crippen LogP contribution is -2.51. The van der Waals surface area contributed by atoms with E-state index in [1.54, 1.807) is 0 Å². The van der Waals surface area contributed by atoms with Crippen molar-refractivity contribution in [2.24, 2.45) is 11.7 Å². The van der Waals surface area contributed by atoms with Crippen LogP contribution in [0.3, 0.4) is 0 Å². The highest BCUT2D eigenvalue weighted by molar-refractivity contribution is 5.07. The maximum absolute atomic E-state index is 5.87. The van der Waals surface area contributed by atoms with Crippen molar-refractivity contribution < 1.29 is 0 Å². The standard InChI is InChI=1S/C12H23N3/c1-10-9-11(13)3-4-12(10)15-7-5-14(2)6-8-15/h9-10,12H,3-8,13H2,1-2H3. The Balaban J connectivity index is 1.94. The van der Waals surface area contributed by atoms with Gasteiger partial charge in [0.1, 0.15) is 0 Å². The molecule has 1 aliphatic carbocycles. The van der Waals surface area contributed by atoms with E-state index in [1.807, 2.05) is 0 Å². The Morgan fingerprint density at radius 1 is 1.27 bits per heavy atom. The Hall–Kier alpha value is -0.540. The quantitative estimate of drug-likeness (QED) is 0.695. The van der Waals surface area contributed by atoms with Crippen LogP contribution in [0.5, 0.6) is 0 Å². The molecule has 15 heavy (non-hydrogen) atoms. The van der Waals surface area contributed by atoms with Gasteiger partial charge in [-0.2, -0.15) is 0 Å². The van der Waals surface area contributed by atoms with Crippen LogP contribution in [0.2, 0.25) is 0 Å². The van der Waals surface area contributed by atoms with Crippen molar-refractivity contribution >= 4 is 0 Å². The van der Waals surface area contributed by atoms with E-state index < -0.39 is 0 Å². The largest absolute Gasteiger partial charge is 0.402 e. The van der Waals surface area contributed by atoms with Gasteiger partial charge in [-0.15, -0.1) is 0 Å². The second kappa shape index (κ2) is 4.54. The summed E-state index contributed by atoms with van der Waals surface area (Å²) in [6, 6.07) is 0.728. The van der Waals surface area contributed by atoms with Gasteiger partial charge in [-0.25, -0.2) is 0 Å². The third kappa shape index (κ3) is 2.52. The van der Waals surface area contributed by atoms with Crippen molar-refractivity contribution in [1.29, 1.82) is 0 Å². The normalized spacial score (nSPS) is 35.2. The van der Waals surface area contributed by atoms with Crippen LogP contribution in [-0.4, -0.2) is 49.1 Å². The van der Waals surface area contributed by atoms with Gasteiger partial charge in [-0.3, -0.25) is 4.90 Å². The van der Waals surface area contributed by atoms with Gasteiger partial charge in [0, 0.05) is 37.9 Å². The number of nitrogens with zero attached hydrogens (tertiary/aromatic N) is 2. The average molecular weight is 209 g/mol. The Morgan fingerprint density at radius 3 is 2.53 bits per heavy atom. The zero-order chi connectivity index (χ0) is 10.8. The molecular formula is C12H23N3. The van der Waals surface area contributed by atoms with Crippen molar-refractivity contribution in [3.8, 4) is 0 Å². The molecule has 1 fully saturated rings. The molecule has 2 rings (SSSR count). The summed E-state index contributed by atoms with van der Waals surface area (Å²) in [6.07, 6.45) is 4.58. The highest BCUT2D eigenvalue weighted by Gasteiger charge is 2.28. The lowest BCUT2D eigenvalue weighted by atomic mass is 9.88. The summed E-state index contributed by atoms with van der Waals surface area (Å²) >= 11 is 0. The maximum Gasteiger partial charge on any atom is 0.0161 e. The van der Waals surface area contributed by atoms with Crippen LogP contribution in [0.15, 0.2) is 11.8 Å². The van der Waals surface area contributed by atoms with Gasteiger partial charge in [-0.1, -0.05) is 13.0 Å². The van der Waals surface area contributed by atoms with Crippen LogP contribution in [-0.2, 0) is 0 Å². The Bertz CT molecular complexity index is 241. The van der Waals surface area contributed by atoms with Crippen LogP contribution in [0.25, 0.3) is 0 Å². The number of hydrogen-bond donors (Lipinski definition) is 1. The van der Waals surface area contributed by atoms with Crippen LogP contribution in [0.1, 0.15) is 19.8 Å². The van der Waals surface area contributed by atoms with Gasteiger partial charge in [0.25, 0.3) is 0 Å². The first kappa shape index (κ1) is 11.0. The van der Waals surface area contributed by atoms with Gasteiger partial charge in [0.2, 0.25) is 0 Å². The molecule has 0 saturated carbocycles. The van der Waals surface area contributed by atoms with Crippen molar-refractivity contribution in [2.45, 2.75) is 25.8 Å². The Labute approximate surface area is 92.9 Å². The summed E-state index contributed by atoms with van der Waals surface area (Å²) in [5.41, 5.74) is 6.96. The third-order valence-electron chi connectivity index (χ3n) is 3.82. The summed E-state index contributed by atoms with van der Waals surface area (Å²) in [4.78, 5) is 5.06. The smallest absolute Gasteiger partial charge is 0.0161 e. The fraction of sp³-hybridized carbons (Fsp3) is 0.833. The zero-order valence-corrected chi connectivity index (χ0v) is 9.95. The molecule has 1 aliphatic heterocycles. The molecule has 3 nitrogen and oxygen atoms in total. The summed E-state index contributed by atoms with van der Waals surface area (Å²) in [5, 5.41) is 0. The number of piperazine rings is 1. The number of hydrogen-bond acceptors (Lipinski definition) is 3. The Morgan fingerprint density at radius 2 is 1.93 bits per heavy atom. The molecule has 0 amide bonds. The molecule has 86 valence electrons. The lowest BCUT2D eigenvalue weighted by molar-refractivity contribution is 0.0863. The van der Waals surface area contributed by atoms with Crippen LogP contribution < -0.4 is 5.73 Å². The van der Waals surface area contributed by atoms with Gasteiger partial charge in [-0.05, 0) is 25.8 Å². The van der Waals surface area contributed by atoms with Gasteiger partial charge >= 0.3 is 0 Å². The number of rotatable bonds is 1. The number of nitrogens with two attached hydrogens (primary N) is 1. The fourth-order valence-corrected chi connectivity index (χ4v) is 2.78. The molecule has 1 heterocycles. The topological polar surface area (TPSA) is 32.5 Å². The second-order valence-electron chi connectivity index (χ2n) is 5.05. The third-order valence-corrected chi connectivity index (χ3v) is 3.82. The van der Waals surface area contributed by atoms with Gasteiger partial charge < -0.3 is 10.6 Å². The first-order valence-electron chi connectivity index (χ1n) is 6.05. The molecule has 3 heteroatoms. The number of allylic oxidation sites excluding steroid dienone is 1. The van der Waals surface area contributed by atoms with Crippen LogP contribution in [0.4, 0.5) is 0 Å². The van der Waals surface area contributed by atoms with Gasteiger partial charge in [0.05, 0.1) is 0 Å². The zero-order valence-electron chi connectivity index (χ0n) is 9.95. The van der Waals surface area contributed by atoms with E-state index in [2.05, 4.69) is 29.8 Å². The summed E-state index contributed by atoms with van der Waals surface area (Å²) < 4.78 is 0. The molecule has 2 aliphatic rings. The van der Waals surface area contributed by atoms with E-state index in [1.165, 1.54) is 32.6 Å². The van der Waals surface area contributed by atoms with E-state index >= 15 is 0 Å². The van der Waals surface area contributed by atoms with E-state index in [9.17, 15) is 0 Å². The Kier molecular flexibility index (Phi) is 3.32. The molecule has 0 aromatic rings. The summed E-state index contributed by atoms with van der Waals surface area (Å²) in [5.74, 6) is 0.627. The SMILES string of the molecule is CC1C=C(N)CCC1N1CCN(C)CC1. The first-order valence-corrected chi connectivity index (χ1v) is 6.05. The minimum absolute atomic E-state index is 0.627. The van der Waals surface area contributed by atoms with Crippen molar-refractivity contribution in [2.75, 3.05) is 33.2 Å². The molecule has 0 aromatic carbocycles. The molecule has 2 N–H and O–H groups in total. The minimum Gasteiger partial charge on any atom is -0.402 e. The molecule has 2 atom stereocenters. The highest BCUT2D eigenvalue weighted by Crippen LogP contribution is 2.25. The van der Waals surface area contributed by atoms with Gasteiger partial charge in [0.15, 0.2) is 0 Å². The molecule has 2 unspecified atom stereocenters. The summed E-state index contributed by atoms with van der Waals surface area (Å²) in [6.45, 7) is 7.17. The second-order valence-corrected chi connectivity index (χ2v) is 5.05.